The average molecular weight is 732 g/mol. The van der Waals surface area contributed by atoms with Crippen LogP contribution >= 0.6 is 0 Å². The molecule has 0 aromatic heterocycles. The van der Waals surface area contributed by atoms with E-state index in [4.69, 9.17) is 0 Å². The second kappa shape index (κ2) is 13.6. The Labute approximate surface area is 317 Å². The van der Waals surface area contributed by atoms with Crippen LogP contribution in [0.15, 0.2) is 108 Å². The van der Waals surface area contributed by atoms with Gasteiger partial charge in [0.25, 0.3) is 0 Å². The van der Waals surface area contributed by atoms with Crippen LogP contribution in [0.3, 0.4) is 0 Å². The molecule has 4 aromatic rings. The van der Waals surface area contributed by atoms with Gasteiger partial charge in [-0.05, 0) is 58.4 Å². The molecule has 4 aliphatic carbocycles. The quantitative estimate of drug-likeness (QED) is 0.159. The molecule has 252 valence electrons. The Balaban J connectivity index is 0.000000146. The van der Waals surface area contributed by atoms with Crippen LogP contribution < -0.4 is 0 Å². The zero-order valence-corrected chi connectivity index (χ0v) is 34.5. The molecule has 0 amide bonds. The van der Waals surface area contributed by atoms with E-state index in [0.717, 1.165) is 6.42 Å². The van der Waals surface area contributed by atoms with E-state index in [1.54, 1.807) is 0 Å². The third-order valence-electron chi connectivity index (χ3n) is 10.6. The fourth-order valence-corrected chi connectivity index (χ4v) is 9.12. The summed E-state index contributed by atoms with van der Waals surface area (Å²) in [6, 6.07) is 30.9. The van der Waals surface area contributed by atoms with E-state index >= 15 is 0 Å². The number of allylic oxidation sites excluding steroid dienone is 8. The first-order valence-electron chi connectivity index (χ1n) is 18.2. The standard InChI is InChI=1S/C25H25.C13H10.C11H17.Zr/c1-14-12-24(3,4)22-8-16-7-17-9-23-19(15(2)13-25(23,5)6)11-21(17)20(16)10-18(14)22;1-3-7-12(8-4-1)11-13-9-5-2-6-10-13;1-8-6-9(2)10(7-8)11(3,4)5;/h8-12H,7H2,1-6H3;1-10H;7-8H,1-5H3;/q-1;;-1;+2. The van der Waals surface area contributed by atoms with E-state index in [0.29, 0.717) is 11.3 Å². The van der Waals surface area contributed by atoms with Crippen LogP contribution in [0.2, 0.25) is 0 Å². The van der Waals surface area contributed by atoms with Gasteiger partial charge in [-0.3, -0.25) is 12.2 Å². The molecular weight excluding hydrogens is 680 g/mol. The molecule has 0 fully saturated rings. The van der Waals surface area contributed by atoms with E-state index in [1.165, 1.54) is 105 Å². The molecule has 1 atom stereocenters. The van der Waals surface area contributed by atoms with Crippen LogP contribution in [-0.2, 0) is 41.5 Å². The molecule has 0 nitrogen and oxygen atoms in total. The molecule has 0 heterocycles. The SMILES string of the molecule is CC1=[C-]C(C)(C)c2cc3c(cc21)-c1cc2c(cc1C3)C(C)(C)C=C2C.CC1=[C-]C(C)C=C1C(C)(C)C.[Zr+2]=[C](c1ccccc1)c1ccccc1. The van der Waals surface area contributed by atoms with Crippen molar-refractivity contribution < 1.29 is 24.2 Å². The summed E-state index contributed by atoms with van der Waals surface area (Å²) >= 11 is 1.46. The third kappa shape index (κ3) is 7.19. The summed E-state index contributed by atoms with van der Waals surface area (Å²) in [7, 11) is 0. The number of fused-ring (bicyclic) bond motifs is 5. The van der Waals surface area contributed by atoms with Gasteiger partial charge in [0.2, 0.25) is 0 Å². The van der Waals surface area contributed by atoms with Crippen molar-refractivity contribution in [2.45, 2.75) is 93.4 Å². The van der Waals surface area contributed by atoms with Gasteiger partial charge in [0.05, 0.1) is 0 Å². The molecule has 0 bridgehead atoms. The molecule has 4 aliphatic rings. The molecule has 0 saturated carbocycles. The van der Waals surface area contributed by atoms with E-state index in [1.807, 2.05) is 0 Å². The van der Waals surface area contributed by atoms with Crippen molar-refractivity contribution >= 4 is 14.4 Å². The van der Waals surface area contributed by atoms with E-state index in [2.05, 4.69) is 185 Å². The van der Waals surface area contributed by atoms with Gasteiger partial charge in [-0.15, -0.1) is 11.6 Å². The molecule has 0 aliphatic heterocycles. The number of rotatable bonds is 2. The summed E-state index contributed by atoms with van der Waals surface area (Å²) in [5.41, 5.74) is 20.3. The summed E-state index contributed by atoms with van der Waals surface area (Å²) < 4.78 is 1.42. The molecule has 0 N–H and O–H groups in total. The molecule has 0 spiro atoms. The Morgan fingerprint density at radius 3 is 1.70 bits per heavy atom. The number of hydrogen-bond acceptors (Lipinski definition) is 0. The molecule has 1 unspecified atom stereocenters. The van der Waals surface area contributed by atoms with Crippen molar-refractivity contribution in [2.75, 3.05) is 0 Å². The number of hydrogen-bond donors (Lipinski definition) is 0. The van der Waals surface area contributed by atoms with Gasteiger partial charge >= 0.3 is 99.2 Å². The van der Waals surface area contributed by atoms with Crippen LogP contribution in [0.5, 0.6) is 0 Å². The maximum absolute atomic E-state index is 3.65. The van der Waals surface area contributed by atoms with Gasteiger partial charge in [-0.1, -0.05) is 104 Å². The van der Waals surface area contributed by atoms with Crippen molar-refractivity contribution in [2.24, 2.45) is 11.3 Å². The first kappa shape index (κ1) is 36.4. The van der Waals surface area contributed by atoms with Gasteiger partial charge in [-0.2, -0.15) is 17.2 Å². The first-order valence-corrected chi connectivity index (χ1v) is 19.4. The first-order chi connectivity index (χ1) is 23.5. The van der Waals surface area contributed by atoms with Crippen LogP contribution in [-0.4, -0.2) is 3.21 Å². The monoisotopic (exact) mass is 730 g/mol. The zero-order valence-electron chi connectivity index (χ0n) is 32.0. The van der Waals surface area contributed by atoms with Gasteiger partial charge in [0.15, 0.2) is 0 Å². The zero-order chi connectivity index (χ0) is 36.2. The minimum atomic E-state index is 0.0340. The van der Waals surface area contributed by atoms with E-state index in [-0.39, 0.29) is 10.8 Å². The van der Waals surface area contributed by atoms with Crippen molar-refractivity contribution in [3.8, 4) is 11.1 Å². The number of benzene rings is 4. The van der Waals surface area contributed by atoms with Gasteiger partial charge in [0, 0.05) is 5.41 Å². The Hall–Kier alpha value is -3.41. The van der Waals surface area contributed by atoms with Gasteiger partial charge in [0.1, 0.15) is 0 Å². The Bertz CT molecular complexity index is 1960. The maximum atomic E-state index is 3.65. The summed E-state index contributed by atoms with van der Waals surface area (Å²) in [5, 5.41) is 0. The average Bonchev–Trinajstić information content (AvgIpc) is 3.74. The molecular formula is C49H52Zr. The molecule has 8 rings (SSSR count). The molecule has 4 aromatic carbocycles. The van der Waals surface area contributed by atoms with Crippen LogP contribution in [0.4, 0.5) is 0 Å². The summed E-state index contributed by atoms with van der Waals surface area (Å²) in [5.74, 6) is 0.518. The van der Waals surface area contributed by atoms with E-state index in [9.17, 15) is 0 Å². The van der Waals surface area contributed by atoms with Gasteiger partial charge < -0.3 is 0 Å². The summed E-state index contributed by atoms with van der Waals surface area (Å²) in [6.45, 7) is 24.8. The fourth-order valence-electron chi connectivity index (χ4n) is 8.30. The second-order valence-corrected chi connectivity index (χ2v) is 17.9. The van der Waals surface area contributed by atoms with E-state index < -0.39 is 0 Å². The minimum absolute atomic E-state index is 0.0340. The van der Waals surface area contributed by atoms with Crippen molar-refractivity contribution in [1.29, 1.82) is 0 Å². The molecule has 1 heteroatoms. The fraction of sp³-hybridized carbons (Fsp3) is 0.327. The van der Waals surface area contributed by atoms with Crippen LogP contribution in [0.25, 0.3) is 22.3 Å². The Kier molecular flexibility index (Phi) is 9.91. The Morgan fingerprint density at radius 2 is 1.22 bits per heavy atom. The predicted molar refractivity (Wildman–Crippen MR) is 212 cm³/mol. The third-order valence-corrected chi connectivity index (χ3v) is 12.0. The van der Waals surface area contributed by atoms with Crippen molar-refractivity contribution in [3.63, 3.8) is 0 Å². The molecule has 0 radical (unpaired) electrons. The molecule has 50 heavy (non-hydrogen) atoms. The second-order valence-electron chi connectivity index (χ2n) is 16.7. The summed E-state index contributed by atoms with van der Waals surface area (Å²) in [6.07, 6.45) is 12.8. The van der Waals surface area contributed by atoms with Crippen LogP contribution in [0, 0.1) is 23.5 Å². The normalized spacial score (nSPS) is 18.5. The van der Waals surface area contributed by atoms with Gasteiger partial charge in [-0.25, -0.2) is 11.1 Å². The predicted octanol–water partition coefficient (Wildman–Crippen LogP) is 12.6. The summed E-state index contributed by atoms with van der Waals surface area (Å²) in [4.78, 5) is 0. The van der Waals surface area contributed by atoms with Crippen molar-refractivity contribution in [3.05, 3.63) is 165 Å². The topological polar surface area (TPSA) is 0 Å². The molecule has 0 saturated heterocycles. The Morgan fingerprint density at radius 1 is 0.700 bits per heavy atom. The van der Waals surface area contributed by atoms with Crippen LogP contribution in [0.1, 0.15) is 121 Å². The van der Waals surface area contributed by atoms with Crippen molar-refractivity contribution in [1.82, 2.24) is 0 Å².